The highest BCUT2D eigenvalue weighted by molar-refractivity contribution is 5.22. The molecular formula is C22H36N2O. The summed E-state index contributed by atoms with van der Waals surface area (Å²) in [6.45, 7) is 8.02. The lowest BCUT2D eigenvalue weighted by Crippen LogP contribution is -2.47. The molecule has 3 heteroatoms. The molecule has 1 aliphatic carbocycles. The average Bonchev–Trinajstić information content (AvgIpc) is 3.18. The van der Waals surface area contributed by atoms with Gasteiger partial charge in [0.15, 0.2) is 0 Å². The van der Waals surface area contributed by atoms with Crippen LogP contribution in [0.5, 0.6) is 0 Å². The van der Waals surface area contributed by atoms with Crippen molar-refractivity contribution in [2.45, 2.75) is 70.4 Å². The standard InChI is InChI=1S/C22H36N2O/c1-22(2,17-25)21(18-8-4-3-5-9-18)16-23-19-12-14-24(15-13-19)20-10-6-7-11-20/h3-5,8-9,19-21,23,25H,6-7,10-17H2,1-2H3. The minimum atomic E-state index is -0.112. The Morgan fingerprint density at radius 3 is 2.32 bits per heavy atom. The van der Waals surface area contributed by atoms with Gasteiger partial charge in [-0.1, -0.05) is 57.0 Å². The van der Waals surface area contributed by atoms with Crippen molar-refractivity contribution in [3.05, 3.63) is 35.9 Å². The van der Waals surface area contributed by atoms with E-state index >= 15 is 0 Å². The van der Waals surface area contributed by atoms with E-state index in [1.165, 1.54) is 57.2 Å². The number of nitrogens with zero attached hydrogens (tertiary/aromatic N) is 1. The zero-order valence-corrected chi connectivity index (χ0v) is 16.1. The van der Waals surface area contributed by atoms with Gasteiger partial charge in [0.1, 0.15) is 0 Å². The van der Waals surface area contributed by atoms with E-state index in [4.69, 9.17) is 0 Å². The molecule has 1 unspecified atom stereocenters. The fraction of sp³-hybridized carbons (Fsp3) is 0.727. The van der Waals surface area contributed by atoms with Crippen LogP contribution < -0.4 is 5.32 Å². The van der Waals surface area contributed by atoms with Crippen molar-refractivity contribution in [2.24, 2.45) is 5.41 Å². The quantitative estimate of drug-likeness (QED) is 0.790. The van der Waals surface area contributed by atoms with Crippen molar-refractivity contribution < 1.29 is 5.11 Å². The molecule has 0 radical (unpaired) electrons. The van der Waals surface area contributed by atoms with Crippen molar-refractivity contribution in [2.75, 3.05) is 26.2 Å². The minimum Gasteiger partial charge on any atom is -0.396 e. The summed E-state index contributed by atoms with van der Waals surface area (Å²) < 4.78 is 0. The van der Waals surface area contributed by atoms with Gasteiger partial charge in [0.05, 0.1) is 0 Å². The Labute approximate surface area is 153 Å². The highest BCUT2D eigenvalue weighted by Gasteiger charge is 2.32. The summed E-state index contributed by atoms with van der Waals surface area (Å²) in [6, 6.07) is 12.2. The molecule has 0 spiro atoms. The van der Waals surface area contributed by atoms with Crippen LogP contribution in [-0.2, 0) is 0 Å². The van der Waals surface area contributed by atoms with Gasteiger partial charge >= 0.3 is 0 Å². The number of hydrogen-bond acceptors (Lipinski definition) is 3. The van der Waals surface area contributed by atoms with Crippen LogP contribution in [0.4, 0.5) is 0 Å². The van der Waals surface area contributed by atoms with Gasteiger partial charge in [-0.25, -0.2) is 0 Å². The number of aliphatic hydroxyl groups is 1. The fourth-order valence-electron chi connectivity index (χ4n) is 4.66. The molecule has 1 aliphatic heterocycles. The lowest BCUT2D eigenvalue weighted by Gasteiger charge is -2.38. The van der Waals surface area contributed by atoms with Crippen molar-refractivity contribution >= 4 is 0 Å². The molecule has 140 valence electrons. The van der Waals surface area contributed by atoms with E-state index in [1.807, 2.05) is 0 Å². The molecule has 0 amide bonds. The number of hydrogen-bond donors (Lipinski definition) is 2. The normalized spacial score (nSPS) is 22.4. The van der Waals surface area contributed by atoms with E-state index in [-0.39, 0.29) is 12.0 Å². The van der Waals surface area contributed by atoms with Crippen molar-refractivity contribution in [3.8, 4) is 0 Å². The Bertz CT molecular complexity index is 502. The first-order valence-corrected chi connectivity index (χ1v) is 10.2. The topological polar surface area (TPSA) is 35.5 Å². The first-order valence-electron chi connectivity index (χ1n) is 10.2. The Morgan fingerprint density at radius 1 is 1.08 bits per heavy atom. The molecule has 2 fully saturated rings. The molecule has 1 aromatic rings. The highest BCUT2D eigenvalue weighted by atomic mass is 16.3. The third kappa shape index (κ3) is 4.84. The lowest BCUT2D eigenvalue weighted by molar-refractivity contribution is 0.118. The molecule has 1 heterocycles. The molecule has 2 aliphatic rings. The maximum atomic E-state index is 9.88. The van der Waals surface area contributed by atoms with Crippen LogP contribution in [0.1, 0.15) is 63.9 Å². The van der Waals surface area contributed by atoms with E-state index in [0.717, 1.165) is 12.6 Å². The molecule has 3 rings (SSSR count). The maximum absolute atomic E-state index is 9.88. The van der Waals surface area contributed by atoms with Gasteiger partial charge < -0.3 is 15.3 Å². The number of piperidine rings is 1. The van der Waals surface area contributed by atoms with E-state index < -0.39 is 0 Å². The molecule has 1 atom stereocenters. The van der Waals surface area contributed by atoms with Crippen LogP contribution in [0.3, 0.4) is 0 Å². The Kier molecular flexibility index (Phi) is 6.54. The third-order valence-corrected chi connectivity index (χ3v) is 6.53. The van der Waals surface area contributed by atoms with Crippen LogP contribution in [0, 0.1) is 5.41 Å². The first-order chi connectivity index (χ1) is 12.1. The van der Waals surface area contributed by atoms with Gasteiger partial charge in [-0.15, -0.1) is 0 Å². The maximum Gasteiger partial charge on any atom is 0.0488 e. The second kappa shape index (κ2) is 8.66. The zero-order chi connectivity index (χ0) is 17.7. The summed E-state index contributed by atoms with van der Waals surface area (Å²) in [5, 5.41) is 13.7. The Morgan fingerprint density at radius 2 is 1.72 bits per heavy atom. The monoisotopic (exact) mass is 344 g/mol. The van der Waals surface area contributed by atoms with E-state index in [0.29, 0.717) is 12.0 Å². The van der Waals surface area contributed by atoms with Gasteiger partial charge in [0, 0.05) is 31.2 Å². The van der Waals surface area contributed by atoms with Crippen LogP contribution in [-0.4, -0.2) is 48.3 Å². The van der Waals surface area contributed by atoms with Gasteiger partial charge in [-0.2, -0.15) is 0 Å². The minimum absolute atomic E-state index is 0.112. The predicted molar refractivity (Wildman–Crippen MR) is 105 cm³/mol. The molecule has 1 aromatic carbocycles. The number of rotatable bonds is 7. The third-order valence-electron chi connectivity index (χ3n) is 6.53. The van der Waals surface area contributed by atoms with Crippen LogP contribution in [0.15, 0.2) is 30.3 Å². The smallest absolute Gasteiger partial charge is 0.0488 e. The molecule has 1 saturated carbocycles. The molecule has 3 nitrogen and oxygen atoms in total. The van der Waals surface area contributed by atoms with Gasteiger partial charge in [-0.05, 0) is 49.8 Å². The number of likely N-dealkylation sites (tertiary alicyclic amines) is 1. The number of nitrogens with one attached hydrogen (secondary N) is 1. The largest absolute Gasteiger partial charge is 0.396 e. The predicted octanol–water partition coefficient (Wildman–Crippen LogP) is 3.79. The van der Waals surface area contributed by atoms with Crippen LogP contribution in [0.25, 0.3) is 0 Å². The molecule has 0 bridgehead atoms. The Hall–Kier alpha value is -0.900. The molecule has 25 heavy (non-hydrogen) atoms. The lowest BCUT2D eigenvalue weighted by atomic mass is 9.75. The summed E-state index contributed by atoms with van der Waals surface area (Å²) >= 11 is 0. The van der Waals surface area contributed by atoms with Crippen molar-refractivity contribution in [3.63, 3.8) is 0 Å². The highest BCUT2D eigenvalue weighted by Crippen LogP contribution is 2.35. The Balaban J connectivity index is 1.53. The van der Waals surface area contributed by atoms with Gasteiger partial charge in [0.2, 0.25) is 0 Å². The molecular weight excluding hydrogens is 308 g/mol. The second-order valence-corrected chi connectivity index (χ2v) is 8.77. The summed E-state index contributed by atoms with van der Waals surface area (Å²) in [6.07, 6.45) is 8.21. The molecule has 2 N–H and O–H groups in total. The second-order valence-electron chi connectivity index (χ2n) is 8.77. The van der Waals surface area contributed by atoms with E-state index in [9.17, 15) is 5.11 Å². The number of benzene rings is 1. The molecule has 0 aromatic heterocycles. The van der Waals surface area contributed by atoms with Crippen LogP contribution >= 0.6 is 0 Å². The van der Waals surface area contributed by atoms with E-state index in [2.05, 4.69) is 54.4 Å². The van der Waals surface area contributed by atoms with E-state index in [1.54, 1.807) is 0 Å². The summed E-state index contributed by atoms with van der Waals surface area (Å²) in [5.74, 6) is 0.339. The summed E-state index contributed by atoms with van der Waals surface area (Å²) in [4.78, 5) is 2.73. The average molecular weight is 345 g/mol. The fourth-order valence-corrected chi connectivity index (χ4v) is 4.66. The van der Waals surface area contributed by atoms with Crippen molar-refractivity contribution in [1.82, 2.24) is 10.2 Å². The SMILES string of the molecule is CC(C)(CO)C(CNC1CCN(C2CCCC2)CC1)c1ccccc1. The number of aliphatic hydroxyl groups excluding tert-OH is 1. The van der Waals surface area contributed by atoms with Crippen molar-refractivity contribution in [1.29, 1.82) is 0 Å². The summed E-state index contributed by atoms with van der Waals surface area (Å²) in [5.41, 5.74) is 1.22. The first kappa shape index (κ1) is 18.9. The van der Waals surface area contributed by atoms with Crippen LogP contribution in [0.2, 0.25) is 0 Å². The van der Waals surface area contributed by atoms with Gasteiger partial charge in [0.25, 0.3) is 0 Å². The summed E-state index contributed by atoms with van der Waals surface area (Å²) in [7, 11) is 0. The zero-order valence-electron chi connectivity index (χ0n) is 16.1. The van der Waals surface area contributed by atoms with Gasteiger partial charge in [-0.3, -0.25) is 0 Å². The molecule has 1 saturated heterocycles.